The van der Waals surface area contributed by atoms with Gasteiger partial charge >= 0.3 is 0 Å². The summed E-state index contributed by atoms with van der Waals surface area (Å²) in [5.74, 6) is 1.82. The van der Waals surface area contributed by atoms with E-state index in [0.29, 0.717) is 0 Å². The summed E-state index contributed by atoms with van der Waals surface area (Å²) < 4.78 is 0. The highest BCUT2D eigenvalue weighted by atomic mass is 15.3. The number of para-hydroxylation sites is 1. The van der Waals surface area contributed by atoms with E-state index in [1.807, 2.05) is 0 Å². The van der Waals surface area contributed by atoms with Crippen LogP contribution in [0.25, 0.3) is 10.9 Å². The van der Waals surface area contributed by atoms with E-state index < -0.39 is 0 Å². The fourth-order valence-corrected chi connectivity index (χ4v) is 3.38. The number of rotatable bonds is 12. The minimum Gasteiger partial charge on any atom is -0.358 e. The van der Waals surface area contributed by atoms with Crippen molar-refractivity contribution >= 4 is 22.7 Å². The molecule has 0 unspecified atom stereocenters. The number of benzene rings is 1. The van der Waals surface area contributed by atoms with Crippen molar-refractivity contribution in [3.8, 4) is 0 Å². The van der Waals surface area contributed by atoms with Gasteiger partial charge in [0.15, 0.2) is 0 Å². The molecule has 6 heteroatoms. The summed E-state index contributed by atoms with van der Waals surface area (Å²) in [6, 6.07) is 8.32. The Hall–Kier alpha value is -1.92. The molecule has 0 aliphatic carbocycles. The molecule has 0 bridgehead atoms. The van der Waals surface area contributed by atoms with Gasteiger partial charge in [-0.15, -0.1) is 0 Å². The number of likely N-dealkylation sites (N-methyl/N-ethyl adjacent to an activating group) is 4. The molecule has 0 saturated heterocycles. The number of hydrogen-bond donors (Lipinski definition) is 0. The summed E-state index contributed by atoms with van der Waals surface area (Å²) in [6.07, 6.45) is 0. The van der Waals surface area contributed by atoms with Gasteiger partial charge in [-0.05, 0) is 38.3 Å². The number of fused-ring (bicyclic) bond motifs is 1. The SMILES string of the molecule is CCN(CC)CCN(C)c1nc(N(C)CCN(CC)CC)c2ccccc2n1. The van der Waals surface area contributed by atoms with E-state index in [-0.39, 0.29) is 0 Å². The Bertz CT molecular complexity index is 711. The quantitative estimate of drug-likeness (QED) is 0.558. The second-order valence-corrected chi connectivity index (χ2v) is 7.26. The van der Waals surface area contributed by atoms with Crippen molar-refractivity contribution in [2.45, 2.75) is 27.7 Å². The van der Waals surface area contributed by atoms with Gasteiger partial charge in [-0.1, -0.05) is 39.8 Å². The zero-order chi connectivity index (χ0) is 20.5. The molecule has 0 saturated carbocycles. The van der Waals surface area contributed by atoms with Gasteiger partial charge in [0, 0.05) is 45.7 Å². The third-order valence-corrected chi connectivity index (χ3v) is 5.57. The van der Waals surface area contributed by atoms with E-state index >= 15 is 0 Å². The number of anilines is 2. The first-order valence-electron chi connectivity index (χ1n) is 10.7. The van der Waals surface area contributed by atoms with E-state index in [1.165, 1.54) is 0 Å². The van der Waals surface area contributed by atoms with Crippen molar-refractivity contribution < 1.29 is 0 Å². The minimum atomic E-state index is 0.801. The van der Waals surface area contributed by atoms with Crippen LogP contribution in [0.5, 0.6) is 0 Å². The highest BCUT2D eigenvalue weighted by Crippen LogP contribution is 2.25. The standard InChI is InChI=1S/C22H38N6/c1-7-27(8-2)17-15-25(5)21-19-13-11-12-14-20(19)23-22(24-21)26(6)16-18-28(9-3)10-4/h11-14H,7-10,15-18H2,1-6H3. The molecule has 0 atom stereocenters. The smallest absolute Gasteiger partial charge is 0.227 e. The Morgan fingerprint density at radius 2 is 1.21 bits per heavy atom. The third-order valence-electron chi connectivity index (χ3n) is 5.57. The first-order valence-corrected chi connectivity index (χ1v) is 10.7. The number of nitrogens with zero attached hydrogens (tertiary/aromatic N) is 6. The van der Waals surface area contributed by atoms with Gasteiger partial charge in [-0.3, -0.25) is 0 Å². The van der Waals surface area contributed by atoms with Crippen LogP contribution in [0.15, 0.2) is 24.3 Å². The summed E-state index contributed by atoms with van der Waals surface area (Å²) >= 11 is 0. The fraction of sp³-hybridized carbons (Fsp3) is 0.636. The van der Waals surface area contributed by atoms with Crippen molar-refractivity contribution in [3.63, 3.8) is 0 Å². The zero-order valence-corrected chi connectivity index (χ0v) is 18.6. The lowest BCUT2D eigenvalue weighted by molar-refractivity contribution is 0.310. The monoisotopic (exact) mass is 386 g/mol. The average Bonchev–Trinajstić information content (AvgIpc) is 2.74. The molecule has 0 N–H and O–H groups in total. The van der Waals surface area contributed by atoms with Crippen LogP contribution in [0.3, 0.4) is 0 Å². The summed E-state index contributed by atoms with van der Waals surface area (Å²) in [5, 5.41) is 1.12. The van der Waals surface area contributed by atoms with E-state index in [1.54, 1.807) is 0 Å². The molecule has 0 spiro atoms. The molecule has 0 radical (unpaired) electrons. The fourth-order valence-electron chi connectivity index (χ4n) is 3.38. The van der Waals surface area contributed by atoms with E-state index in [0.717, 1.165) is 75.0 Å². The van der Waals surface area contributed by atoms with Crippen molar-refractivity contribution in [2.75, 3.05) is 76.3 Å². The van der Waals surface area contributed by atoms with E-state index in [4.69, 9.17) is 9.97 Å². The maximum atomic E-state index is 4.96. The maximum Gasteiger partial charge on any atom is 0.227 e. The molecule has 1 heterocycles. The van der Waals surface area contributed by atoms with Gasteiger partial charge in [-0.2, -0.15) is 4.98 Å². The average molecular weight is 387 g/mol. The Labute approximate surface area is 171 Å². The van der Waals surface area contributed by atoms with Gasteiger partial charge in [0.1, 0.15) is 5.82 Å². The molecule has 28 heavy (non-hydrogen) atoms. The molecule has 0 amide bonds. The van der Waals surface area contributed by atoms with Crippen LogP contribution in [-0.4, -0.2) is 86.2 Å². The molecular formula is C22H38N6. The zero-order valence-electron chi connectivity index (χ0n) is 18.6. The predicted octanol–water partition coefficient (Wildman–Crippen LogP) is 3.19. The largest absolute Gasteiger partial charge is 0.358 e. The second-order valence-electron chi connectivity index (χ2n) is 7.26. The lowest BCUT2D eigenvalue weighted by Gasteiger charge is -2.27. The number of aromatic nitrogens is 2. The van der Waals surface area contributed by atoms with Crippen LogP contribution in [0.2, 0.25) is 0 Å². The minimum absolute atomic E-state index is 0.801. The van der Waals surface area contributed by atoms with Crippen LogP contribution in [0.1, 0.15) is 27.7 Å². The predicted molar refractivity (Wildman–Crippen MR) is 122 cm³/mol. The van der Waals surface area contributed by atoms with Crippen molar-refractivity contribution in [1.29, 1.82) is 0 Å². The van der Waals surface area contributed by atoms with E-state index in [2.05, 4.69) is 85.7 Å². The topological polar surface area (TPSA) is 38.7 Å². The molecule has 0 aliphatic heterocycles. The second kappa shape index (κ2) is 11.2. The van der Waals surface area contributed by atoms with Crippen molar-refractivity contribution in [2.24, 2.45) is 0 Å². The molecule has 2 aromatic rings. The summed E-state index contributed by atoms with van der Waals surface area (Å²) in [6.45, 7) is 17.1. The molecule has 6 nitrogen and oxygen atoms in total. The Morgan fingerprint density at radius 3 is 1.79 bits per heavy atom. The van der Waals surface area contributed by atoms with E-state index in [9.17, 15) is 0 Å². The van der Waals surface area contributed by atoms with Gasteiger partial charge in [0.05, 0.1) is 5.52 Å². The third kappa shape index (κ3) is 5.79. The highest BCUT2D eigenvalue weighted by molar-refractivity contribution is 5.90. The Balaban J connectivity index is 2.24. The highest BCUT2D eigenvalue weighted by Gasteiger charge is 2.15. The van der Waals surface area contributed by atoms with Gasteiger partial charge < -0.3 is 19.6 Å². The normalized spacial score (nSPS) is 11.6. The first-order chi connectivity index (χ1) is 13.5. The maximum absolute atomic E-state index is 4.96. The summed E-state index contributed by atoms with van der Waals surface area (Å²) in [4.78, 5) is 19.1. The molecule has 156 valence electrons. The van der Waals surface area contributed by atoms with Crippen LogP contribution in [0.4, 0.5) is 11.8 Å². The molecule has 2 rings (SSSR count). The first kappa shape index (κ1) is 22.4. The van der Waals surface area contributed by atoms with Gasteiger partial charge in [0.2, 0.25) is 5.95 Å². The van der Waals surface area contributed by atoms with Gasteiger partial charge in [0.25, 0.3) is 0 Å². The van der Waals surface area contributed by atoms with Crippen molar-refractivity contribution in [3.05, 3.63) is 24.3 Å². The number of hydrogen-bond acceptors (Lipinski definition) is 6. The van der Waals surface area contributed by atoms with Gasteiger partial charge in [-0.25, -0.2) is 4.98 Å². The van der Waals surface area contributed by atoms with Crippen LogP contribution >= 0.6 is 0 Å². The molecular weight excluding hydrogens is 348 g/mol. The molecule has 0 aliphatic rings. The Kier molecular flexibility index (Phi) is 8.93. The molecule has 1 aromatic carbocycles. The van der Waals surface area contributed by atoms with Crippen LogP contribution in [0, 0.1) is 0 Å². The summed E-state index contributed by atoms with van der Waals surface area (Å²) in [7, 11) is 4.23. The summed E-state index contributed by atoms with van der Waals surface area (Å²) in [5.41, 5.74) is 1.01. The van der Waals surface area contributed by atoms with Crippen LogP contribution in [-0.2, 0) is 0 Å². The molecule has 0 fully saturated rings. The Morgan fingerprint density at radius 1 is 0.679 bits per heavy atom. The lowest BCUT2D eigenvalue weighted by Crippen LogP contribution is -2.35. The molecule has 1 aromatic heterocycles. The lowest BCUT2D eigenvalue weighted by atomic mass is 10.2. The van der Waals surface area contributed by atoms with Crippen molar-refractivity contribution in [1.82, 2.24) is 19.8 Å². The van der Waals surface area contributed by atoms with Crippen LogP contribution < -0.4 is 9.80 Å².